The average molecular weight is 453 g/mol. The molecule has 168 valence electrons. The first-order valence-electron chi connectivity index (χ1n) is 11.2. The lowest BCUT2D eigenvalue weighted by Crippen LogP contribution is -2.48. The Labute approximate surface area is 188 Å². The minimum atomic E-state index is -3.50. The zero-order chi connectivity index (χ0) is 22.0. The third kappa shape index (κ3) is 4.48. The van der Waals surface area contributed by atoms with Gasteiger partial charge in [0.25, 0.3) is 0 Å². The van der Waals surface area contributed by atoms with E-state index in [1.807, 2.05) is 30.5 Å². The molecular formula is C24H28N4O3S. The van der Waals surface area contributed by atoms with E-state index in [-0.39, 0.29) is 16.4 Å². The number of hydrogen-bond donors (Lipinski definition) is 1. The highest BCUT2D eigenvalue weighted by Crippen LogP contribution is 2.41. The smallest absolute Gasteiger partial charge is 0.240 e. The van der Waals surface area contributed by atoms with Gasteiger partial charge in [-0.1, -0.05) is 36.4 Å². The first kappa shape index (κ1) is 21.3. The van der Waals surface area contributed by atoms with Gasteiger partial charge in [-0.15, -0.1) is 0 Å². The van der Waals surface area contributed by atoms with E-state index < -0.39 is 10.0 Å². The van der Waals surface area contributed by atoms with Gasteiger partial charge in [0.15, 0.2) is 0 Å². The van der Waals surface area contributed by atoms with Gasteiger partial charge in [-0.2, -0.15) is 0 Å². The summed E-state index contributed by atoms with van der Waals surface area (Å²) in [5.74, 6) is 0.795. The van der Waals surface area contributed by atoms with Crippen LogP contribution >= 0.6 is 0 Å². The molecule has 5 rings (SSSR count). The summed E-state index contributed by atoms with van der Waals surface area (Å²) >= 11 is 0. The maximum absolute atomic E-state index is 12.4. The predicted molar refractivity (Wildman–Crippen MR) is 124 cm³/mol. The summed E-state index contributed by atoms with van der Waals surface area (Å²) in [6.45, 7) is 2.81. The molecule has 3 aromatic rings. The van der Waals surface area contributed by atoms with Crippen LogP contribution in [0.3, 0.4) is 0 Å². The van der Waals surface area contributed by atoms with Gasteiger partial charge in [0, 0.05) is 31.2 Å². The number of benzene rings is 2. The van der Waals surface area contributed by atoms with Crippen LogP contribution in [-0.2, 0) is 14.8 Å². The van der Waals surface area contributed by atoms with E-state index in [2.05, 4.69) is 14.6 Å². The van der Waals surface area contributed by atoms with Gasteiger partial charge in [0.2, 0.25) is 16.0 Å². The third-order valence-corrected chi connectivity index (χ3v) is 8.20. The van der Waals surface area contributed by atoms with Crippen molar-refractivity contribution in [2.75, 3.05) is 31.1 Å². The third-order valence-electron chi connectivity index (χ3n) is 6.76. The summed E-state index contributed by atoms with van der Waals surface area (Å²) in [6, 6.07) is 16.5. The van der Waals surface area contributed by atoms with Gasteiger partial charge in [-0.05, 0) is 49.3 Å². The van der Waals surface area contributed by atoms with Crippen molar-refractivity contribution >= 4 is 26.9 Å². The van der Waals surface area contributed by atoms with E-state index in [0.717, 1.165) is 55.6 Å². The highest BCUT2D eigenvalue weighted by Gasteiger charge is 2.39. The first-order valence-corrected chi connectivity index (χ1v) is 12.6. The van der Waals surface area contributed by atoms with Crippen LogP contribution in [0.15, 0.2) is 65.7 Å². The lowest BCUT2D eigenvalue weighted by molar-refractivity contribution is -0.0691. The SMILES string of the molecule is O=S(=O)(NC[C@H]1CCC2(CCN(c3ncc4ccccc4n3)CC2)CO1)c1ccccc1. The zero-order valence-electron chi connectivity index (χ0n) is 18.0. The van der Waals surface area contributed by atoms with E-state index in [1.165, 1.54) is 0 Å². The molecule has 0 unspecified atom stereocenters. The lowest BCUT2D eigenvalue weighted by Gasteiger charge is -2.45. The molecule has 2 aliphatic rings. The second-order valence-corrected chi connectivity index (χ2v) is 10.6. The number of para-hydroxylation sites is 1. The number of ether oxygens (including phenoxy) is 1. The van der Waals surface area contributed by atoms with Crippen LogP contribution in [0.5, 0.6) is 0 Å². The lowest BCUT2D eigenvalue weighted by atomic mass is 9.73. The number of piperidine rings is 1. The van der Waals surface area contributed by atoms with Crippen LogP contribution in [0.4, 0.5) is 5.95 Å². The number of fused-ring (bicyclic) bond motifs is 1. The Hall–Kier alpha value is -2.55. The van der Waals surface area contributed by atoms with Gasteiger partial charge < -0.3 is 9.64 Å². The Kier molecular flexibility index (Phi) is 5.84. The summed E-state index contributed by atoms with van der Waals surface area (Å²) in [5, 5.41) is 1.05. The van der Waals surface area contributed by atoms with Gasteiger partial charge in [0.05, 0.1) is 23.1 Å². The van der Waals surface area contributed by atoms with Crippen LogP contribution in [-0.4, -0.2) is 50.7 Å². The van der Waals surface area contributed by atoms with Crippen molar-refractivity contribution in [3.63, 3.8) is 0 Å². The molecule has 1 N–H and O–H groups in total. The molecule has 3 heterocycles. The molecule has 2 aliphatic heterocycles. The van der Waals surface area contributed by atoms with E-state index in [9.17, 15) is 8.42 Å². The normalized spacial score (nSPS) is 21.1. The number of anilines is 1. The molecule has 0 radical (unpaired) electrons. The van der Waals surface area contributed by atoms with E-state index in [0.29, 0.717) is 13.2 Å². The van der Waals surface area contributed by atoms with Crippen LogP contribution in [0.2, 0.25) is 0 Å². The van der Waals surface area contributed by atoms with Crippen molar-refractivity contribution in [1.29, 1.82) is 0 Å². The molecule has 1 spiro atoms. The molecule has 8 heteroatoms. The maximum Gasteiger partial charge on any atom is 0.240 e. The molecule has 7 nitrogen and oxygen atoms in total. The summed E-state index contributed by atoms with van der Waals surface area (Å²) in [7, 11) is -3.50. The second kappa shape index (κ2) is 8.77. The molecule has 0 amide bonds. The minimum Gasteiger partial charge on any atom is -0.376 e. The van der Waals surface area contributed by atoms with Crippen molar-refractivity contribution in [2.24, 2.45) is 5.41 Å². The fourth-order valence-corrected chi connectivity index (χ4v) is 5.74. The number of sulfonamides is 1. The summed E-state index contributed by atoms with van der Waals surface area (Å²) in [4.78, 5) is 11.9. The standard InChI is InChI=1S/C24H28N4O3S/c29-32(30,21-7-2-1-3-8-21)26-17-20-10-11-24(18-31-20)12-14-28(15-13-24)23-25-16-19-6-4-5-9-22(19)27-23/h1-9,16,20,26H,10-15,17-18H2/t20-/m1/s1. The quantitative estimate of drug-likeness (QED) is 0.639. The highest BCUT2D eigenvalue weighted by atomic mass is 32.2. The highest BCUT2D eigenvalue weighted by molar-refractivity contribution is 7.89. The Morgan fingerprint density at radius 1 is 1.03 bits per heavy atom. The van der Waals surface area contributed by atoms with Crippen molar-refractivity contribution < 1.29 is 13.2 Å². The fourth-order valence-electron chi connectivity index (χ4n) is 4.65. The fraction of sp³-hybridized carbons (Fsp3) is 0.417. The first-order chi connectivity index (χ1) is 15.5. The minimum absolute atomic E-state index is 0.0824. The molecule has 1 atom stereocenters. The van der Waals surface area contributed by atoms with Gasteiger partial charge in [-0.25, -0.2) is 23.1 Å². The molecule has 2 saturated heterocycles. The molecule has 0 bridgehead atoms. The van der Waals surface area contributed by atoms with Gasteiger partial charge >= 0.3 is 0 Å². The molecule has 0 aliphatic carbocycles. The average Bonchev–Trinajstić information content (AvgIpc) is 2.85. The number of rotatable bonds is 5. The van der Waals surface area contributed by atoms with Crippen LogP contribution < -0.4 is 9.62 Å². The number of hydrogen-bond acceptors (Lipinski definition) is 6. The van der Waals surface area contributed by atoms with Gasteiger partial charge in [0.1, 0.15) is 0 Å². The van der Waals surface area contributed by atoms with Crippen LogP contribution in [0.25, 0.3) is 10.9 Å². The van der Waals surface area contributed by atoms with E-state index in [4.69, 9.17) is 9.72 Å². The number of nitrogens with zero attached hydrogens (tertiary/aromatic N) is 3. The molecule has 2 fully saturated rings. The van der Waals surface area contributed by atoms with Gasteiger partial charge in [-0.3, -0.25) is 0 Å². The molecule has 1 aromatic heterocycles. The Bertz CT molecular complexity index is 1170. The largest absolute Gasteiger partial charge is 0.376 e. The number of aromatic nitrogens is 2. The van der Waals surface area contributed by atoms with Crippen molar-refractivity contribution in [3.05, 3.63) is 60.8 Å². The predicted octanol–water partition coefficient (Wildman–Crippen LogP) is 3.37. The maximum atomic E-state index is 12.4. The topological polar surface area (TPSA) is 84.4 Å². The summed E-state index contributed by atoms with van der Waals surface area (Å²) < 4.78 is 33.7. The molecule has 2 aromatic carbocycles. The van der Waals surface area contributed by atoms with Crippen LogP contribution in [0, 0.1) is 5.41 Å². The Morgan fingerprint density at radius 2 is 1.78 bits per heavy atom. The molecular weight excluding hydrogens is 424 g/mol. The zero-order valence-corrected chi connectivity index (χ0v) is 18.8. The Morgan fingerprint density at radius 3 is 2.53 bits per heavy atom. The molecule has 0 saturated carbocycles. The van der Waals surface area contributed by atoms with Crippen LogP contribution in [0.1, 0.15) is 25.7 Å². The van der Waals surface area contributed by atoms with Crippen molar-refractivity contribution in [2.45, 2.75) is 36.7 Å². The number of nitrogens with one attached hydrogen (secondary N) is 1. The van der Waals surface area contributed by atoms with E-state index >= 15 is 0 Å². The summed E-state index contributed by atoms with van der Waals surface area (Å²) in [6.07, 6.45) is 5.80. The summed E-state index contributed by atoms with van der Waals surface area (Å²) in [5.41, 5.74) is 1.14. The second-order valence-electron chi connectivity index (χ2n) is 8.85. The Balaban J connectivity index is 1.14. The van der Waals surface area contributed by atoms with Crippen molar-refractivity contribution in [1.82, 2.24) is 14.7 Å². The van der Waals surface area contributed by atoms with Crippen molar-refractivity contribution in [3.8, 4) is 0 Å². The molecule has 32 heavy (non-hydrogen) atoms. The monoisotopic (exact) mass is 452 g/mol. The van der Waals surface area contributed by atoms with E-state index in [1.54, 1.807) is 30.3 Å².